The molecule has 2 rings (SSSR count). The Balaban J connectivity index is 2.57. The molecule has 0 fully saturated rings. The molecule has 0 atom stereocenters. The fourth-order valence-corrected chi connectivity index (χ4v) is 8.62. The molecule has 0 aliphatic rings. The normalized spacial score (nSPS) is 12.3. The van der Waals surface area contributed by atoms with E-state index in [0.717, 1.165) is 0 Å². The van der Waals surface area contributed by atoms with Crippen LogP contribution in [0, 0.1) is 0 Å². The average molecular weight is 400 g/mol. The molecule has 0 saturated carbocycles. The van der Waals surface area contributed by atoms with Crippen LogP contribution in [0.1, 0.15) is 20.8 Å². The Morgan fingerprint density at radius 1 is 0.957 bits per heavy atom. The third-order valence-corrected chi connectivity index (χ3v) is 10.7. The molecule has 0 unspecified atom stereocenters. The van der Waals surface area contributed by atoms with Gasteiger partial charge in [-0.1, -0.05) is 87.5 Å². The van der Waals surface area contributed by atoms with E-state index in [2.05, 4.69) is 105 Å². The summed E-state index contributed by atoms with van der Waals surface area (Å²) in [5.41, 5.74) is 0. The Morgan fingerprint density at radius 3 is 1.83 bits per heavy atom. The summed E-state index contributed by atoms with van der Waals surface area (Å²) in [6.45, 7) is 7.60. The lowest BCUT2D eigenvalue weighted by Gasteiger charge is -2.42. The predicted molar refractivity (Wildman–Crippen MR) is 107 cm³/mol. The molecule has 4 heteroatoms. The second-order valence-corrected chi connectivity index (χ2v) is 13.6. The van der Waals surface area contributed by atoms with Gasteiger partial charge in [0.1, 0.15) is 0 Å². The van der Waals surface area contributed by atoms with E-state index in [-0.39, 0.29) is 23.2 Å². The van der Waals surface area contributed by atoms with Crippen LogP contribution < -0.4 is 10.4 Å². The van der Waals surface area contributed by atoms with Gasteiger partial charge in [0.25, 0.3) is 8.32 Å². The molecule has 0 saturated heterocycles. The first-order valence-electron chi connectivity index (χ1n) is 7.98. The van der Waals surface area contributed by atoms with Crippen molar-refractivity contribution >= 4 is 49.8 Å². The highest BCUT2D eigenvalue weighted by Crippen LogP contribution is 2.36. The zero-order chi connectivity index (χ0) is 16.8. The van der Waals surface area contributed by atoms with E-state index in [1.807, 2.05) is 0 Å². The summed E-state index contributed by atoms with van der Waals surface area (Å²) in [6, 6.07) is 21.6. The summed E-state index contributed by atoms with van der Waals surface area (Å²) in [5, 5.41) is 2.72. The first-order valence-corrected chi connectivity index (χ1v) is 14.6. The van der Waals surface area contributed by atoms with Gasteiger partial charge in [0.05, 0.1) is 6.61 Å². The van der Waals surface area contributed by atoms with Gasteiger partial charge in [0.15, 0.2) is 0 Å². The minimum atomic E-state index is -2.35. The van der Waals surface area contributed by atoms with Crippen LogP contribution in [0.2, 0.25) is 5.04 Å². The molecule has 2 aromatic rings. The first kappa shape index (κ1) is 18.9. The number of halogens is 1. The summed E-state index contributed by atoms with van der Waals surface area (Å²) >= 11 is 3.32. The van der Waals surface area contributed by atoms with Gasteiger partial charge in [0.2, 0.25) is 0 Å². The maximum absolute atomic E-state index is 6.72. The second kappa shape index (κ2) is 8.63. The van der Waals surface area contributed by atoms with E-state index in [1.54, 1.807) is 0 Å². The van der Waals surface area contributed by atoms with E-state index in [1.165, 1.54) is 10.4 Å². The maximum atomic E-state index is 6.72. The van der Waals surface area contributed by atoms with Crippen LogP contribution in [0.4, 0.5) is 0 Å². The van der Waals surface area contributed by atoms with Crippen molar-refractivity contribution in [3.05, 3.63) is 70.9 Å². The molecule has 23 heavy (non-hydrogen) atoms. The molecule has 2 aromatic carbocycles. The molecule has 0 aliphatic carbocycles. The first-order chi connectivity index (χ1) is 11.0. The van der Waals surface area contributed by atoms with Crippen LogP contribution in [0.3, 0.4) is 0 Å². The average Bonchev–Trinajstić information content (AvgIpc) is 2.55. The minimum Gasteiger partial charge on any atom is -0.404 e. The molecular formula is C19H23BrMgOSi. The van der Waals surface area contributed by atoms with Crippen LogP contribution in [0.15, 0.2) is 70.9 Å². The van der Waals surface area contributed by atoms with Crippen LogP contribution in [0.5, 0.6) is 0 Å². The van der Waals surface area contributed by atoms with E-state index in [0.29, 0.717) is 6.61 Å². The molecule has 0 aliphatic heterocycles. The monoisotopic (exact) mass is 398 g/mol. The zero-order valence-electron chi connectivity index (χ0n) is 14.1. The Bertz CT molecular complexity index is 583. The third kappa shape index (κ3) is 4.37. The van der Waals surface area contributed by atoms with Crippen molar-refractivity contribution in [2.75, 3.05) is 6.61 Å². The van der Waals surface area contributed by atoms with Crippen LogP contribution >= 0.6 is 12.9 Å². The van der Waals surface area contributed by atoms with Gasteiger partial charge in [-0.3, -0.25) is 12.9 Å². The molecule has 1 nitrogen and oxygen atoms in total. The molecule has 0 N–H and O–H groups in total. The smallest absolute Gasteiger partial charge is 0.404 e. The summed E-state index contributed by atoms with van der Waals surface area (Å²) in [5.74, 6) is 0. The fourth-order valence-electron chi connectivity index (χ4n) is 3.07. The second-order valence-electron chi connectivity index (χ2n) is 6.60. The van der Waals surface area contributed by atoms with Crippen molar-refractivity contribution in [3.8, 4) is 0 Å². The van der Waals surface area contributed by atoms with Crippen molar-refractivity contribution in [1.82, 2.24) is 0 Å². The Morgan fingerprint density at radius 2 is 1.43 bits per heavy atom. The molecule has 0 bridgehead atoms. The lowest BCUT2D eigenvalue weighted by atomic mass is 10.2. The van der Waals surface area contributed by atoms with Crippen molar-refractivity contribution in [2.45, 2.75) is 25.8 Å². The zero-order valence-corrected chi connectivity index (χ0v) is 18.1. The van der Waals surface area contributed by atoms with E-state index in [4.69, 9.17) is 4.43 Å². The molecule has 0 amide bonds. The predicted octanol–water partition coefficient (Wildman–Crippen LogP) is 4.09. The summed E-state index contributed by atoms with van der Waals surface area (Å²) < 4.78 is 8.96. The largest absolute Gasteiger partial charge is 0.498 e. The molecule has 0 spiro atoms. The fraction of sp³-hybridized carbons (Fsp3) is 0.263. The lowest BCUT2D eigenvalue weighted by Crippen LogP contribution is -2.66. The highest BCUT2D eigenvalue weighted by atomic mass is 79.9. The Hall–Kier alpha value is -0.397. The van der Waals surface area contributed by atoms with Gasteiger partial charge in [-0.2, -0.15) is 4.21 Å². The van der Waals surface area contributed by atoms with Gasteiger partial charge < -0.3 is 4.43 Å². The Labute approximate surface area is 156 Å². The Kier molecular flexibility index (Phi) is 7.10. The summed E-state index contributed by atoms with van der Waals surface area (Å²) in [6.07, 6.45) is 2.17. The van der Waals surface area contributed by atoms with Gasteiger partial charge in [0, 0.05) is 0 Å². The van der Waals surface area contributed by atoms with Gasteiger partial charge in [-0.05, 0) is 15.4 Å². The van der Waals surface area contributed by atoms with Crippen LogP contribution in [-0.4, -0.2) is 33.1 Å². The highest BCUT2D eigenvalue weighted by molar-refractivity contribution is 9.23. The summed E-state index contributed by atoms with van der Waals surface area (Å²) in [4.78, 5) is 0. The SMILES string of the molecule is CC(C)(C)[Si](OCC=[CH][Mg][Br])(c1ccccc1)c1ccccc1. The van der Waals surface area contributed by atoms with Crippen molar-refractivity contribution in [3.63, 3.8) is 0 Å². The van der Waals surface area contributed by atoms with Crippen LogP contribution in [0.25, 0.3) is 0 Å². The quantitative estimate of drug-likeness (QED) is 0.665. The van der Waals surface area contributed by atoms with E-state index < -0.39 is 8.32 Å². The van der Waals surface area contributed by atoms with E-state index in [9.17, 15) is 0 Å². The minimum absolute atomic E-state index is 0.0510. The molecule has 0 heterocycles. The lowest BCUT2D eigenvalue weighted by molar-refractivity contribution is 0.339. The topological polar surface area (TPSA) is 9.23 Å². The number of hydrogen-bond donors (Lipinski definition) is 0. The number of benzene rings is 2. The standard InChI is InChI=1S/C19H23OSi.BrH.Mg/c1-5-16-20-21(19(2,3)4,17-12-8-6-9-13-17)18-14-10-7-11-15-18;;/h1,5-15H,16H2,2-4H3;1H;/q;;+1/p-1. The molecule has 0 radical (unpaired) electrons. The molecular weight excluding hydrogens is 377 g/mol. The molecule has 118 valence electrons. The van der Waals surface area contributed by atoms with Gasteiger partial charge in [-0.25, -0.2) is 0 Å². The van der Waals surface area contributed by atoms with Crippen molar-refractivity contribution in [1.29, 1.82) is 0 Å². The third-order valence-electron chi connectivity index (χ3n) is 4.07. The number of hydrogen-bond acceptors (Lipinski definition) is 1. The van der Waals surface area contributed by atoms with E-state index >= 15 is 0 Å². The highest BCUT2D eigenvalue weighted by Gasteiger charge is 2.49. The molecule has 0 aromatic heterocycles. The number of rotatable bonds is 6. The van der Waals surface area contributed by atoms with Crippen LogP contribution in [-0.2, 0) is 4.43 Å². The van der Waals surface area contributed by atoms with Crippen molar-refractivity contribution in [2.24, 2.45) is 0 Å². The van der Waals surface area contributed by atoms with Gasteiger partial charge in [-0.15, -0.1) is 0 Å². The maximum Gasteiger partial charge on any atom is 0.498 e. The summed E-state index contributed by atoms with van der Waals surface area (Å²) in [7, 11) is -2.35. The van der Waals surface area contributed by atoms with Crippen molar-refractivity contribution < 1.29 is 4.43 Å². The van der Waals surface area contributed by atoms with Gasteiger partial charge >= 0.3 is 18.2 Å².